The van der Waals surface area contributed by atoms with Crippen molar-refractivity contribution in [2.75, 3.05) is 0 Å². The Morgan fingerprint density at radius 2 is 1.91 bits per heavy atom. The number of pyridine rings is 1. The zero-order valence-electron chi connectivity index (χ0n) is 12.0. The first-order valence-corrected chi connectivity index (χ1v) is 6.55. The number of rotatable bonds is 4. The van der Waals surface area contributed by atoms with Crippen molar-refractivity contribution < 1.29 is 22.7 Å². The monoisotopic (exact) mass is 320 g/mol. The summed E-state index contributed by atoms with van der Waals surface area (Å²) in [6.45, 7) is 1.69. The molecule has 1 atom stereocenters. The fraction of sp³-hybridized carbons (Fsp3) is 0.188. The lowest BCUT2D eigenvalue weighted by Gasteiger charge is -2.31. The van der Waals surface area contributed by atoms with Crippen LogP contribution in [0.4, 0.5) is 17.6 Å². The summed E-state index contributed by atoms with van der Waals surface area (Å²) in [6, 6.07) is 4.13. The van der Waals surface area contributed by atoms with Crippen molar-refractivity contribution in [3.63, 3.8) is 0 Å². The van der Waals surface area contributed by atoms with E-state index in [1.165, 1.54) is 18.2 Å². The van der Waals surface area contributed by atoms with E-state index < -0.39 is 34.4 Å². The van der Waals surface area contributed by atoms with E-state index in [4.69, 9.17) is 6.42 Å². The Kier molecular flexibility index (Phi) is 4.48. The molecule has 2 aromatic rings. The van der Waals surface area contributed by atoms with Crippen molar-refractivity contribution in [2.24, 2.45) is 0 Å². The quantitative estimate of drug-likeness (QED) is 0.533. The molecular weight excluding hydrogens is 309 g/mol. The molecular formula is C16H11BF4NO. The second-order valence-corrected chi connectivity index (χ2v) is 4.82. The van der Waals surface area contributed by atoms with E-state index in [0.717, 1.165) is 12.1 Å². The standard InChI is InChI=1S/C16H11BF4NO/c1-3-15(23,12-6-5-11(18)8-13(12)19)16(20,21)14-7-4-10(17-2)9-22-14/h1,4-9,23H,2H3. The normalized spacial score (nSPS) is 14.0. The van der Waals surface area contributed by atoms with E-state index in [9.17, 15) is 22.7 Å². The van der Waals surface area contributed by atoms with Gasteiger partial charge in [-0.05, 0) is 18.2 Å². The molecule has 0 aliphatic carbocycles. The van der Waals surface area contributed by atoms with Crippen LogP contribution in [0.1, 0.15) is 11.3 Å². The molecule has 1 N–H and O–H groups in total. The Balaban J connectivity index is 2.58. The summed E-state index contributed by atoms with van der Waals surface area (Å²) in [4.78, 5) is 3.57. The minimum atomic E-state index is -4.09. The van der Waals surface area contributed by atoms with Crippen molar-refractivity contribution in [1.82, 2.24) is 4.98 Å². The largest absolute Gasteiger partial charge is 0.368 e. The third-order valence-electron chi connectivity index (χ3n) is 3.43. The predicted molar refractivity (Wildman–Crippen MR) is 78.5 cm³/mol. The van der Waals surface area contributed by atoms with Crippen LogP contribution in [0.2, 0.25) is 6.82 Å². The highest BCUT2D eigenvalue weighted by atomic mass is 19.3. The van der Waals surface area contributed by atoms with Gasteiger partial charge in [0.05, 0.1) is 0 Å². The van der Waals surface area contributed by atoms with E-state index in [2.05, 4.69) is 4.98 Å². The van der Waals surface area contributed by atoms with Gasteiger partial charge in [0.2, 0.25) is 5.60 Å². The number of alkyl halides is 2. The van der Waals surface area contributed by atoms with Gasteiger partial charge in [-0.2, -0.15) is 8.78 Å². The molecule has 1 heterocycles. The number of hydrogen-bond acceptors (Lipinski definition) is 2. The Morgan fingerprint density at radius 1 is 1.22 bits per heavy atom. The highest BCUT2D eigenvalue weighted by Crippen LogP contribution is 2.44. The summed E-state index contributed by atoms with van der Waals surface area (Å²) in [5, 5.41) is 10.3. The molecule has 1 aromatic heterocycles. The highest BCUT2D eigenvalue weighted by Gasteiger charge is 2.56. The van der Waals surface area contributed by atoms with Crippen molar-refractivity contribution in [1.29, 1.82) is 0 Å². The van der Waals surface area contributed by atoms with Crippen LogP contribution in [0, 0.1) is 24.0 Å². The second kappa shape index (κ2) is 6.05. The number of nitrogens with zero attached hydrogens (tertiary/aromatic N) is 1. The van der Waals surface area contributed by atoms with E-state index in [-0.39, 0.29) is 0 Å². The molecule has 1 aromatic carbocycles. The van der Waals surface area contributed by atoms with Crippen LogP contribution < -0.4 is 5.46 Å². The summed E-state index contributed by atoms with van der Waals surface area (Å²) >= 11 is 0. The van der Waals surface area contributed by atoms with Gasteiger partial charge in [0, 0.05) is 17.8 Å². The number of halogens is 4. The van der Waals surface area contributed by atoms with Gasteiger partial charge in [-0.25, -0.2) is 8.78 Å². The van der Waals surface area contributed by atoms with Crippen LogP contribution in [0.3, 0.4) is 0 Å². The molecule has 1 unspecified atom stereocenters. The average molecular weight is 320 g/mol. The minimum absolute atomic E-state index is 0.371. The van der Waals surface area contributed by atoms with Crippen LogP contribution in [-0.4, -0.2) is 17.4 Å². The van der Waals surface area contributed by atoms with Crippen LogP contribution in [0.25, 0.3) is 0 Å². The molecule has 23 heavy (non-hydrogen) atoms. The van der Waals surface area contributed by atoms with Gasteiger partial charge in [-0.1, -0.05) is 24.3 Å². The van der Waals surface area contributed by atoms with Gasteiger partial charge in [0.25, 0.3) is 0 Å². The van der Waals surface area contributed by atoms with Gasteiger partial charge < -0.3 is 5.11 Å². The van der Waals surface area contributed by atoms with Gasteiger partial charge in [-0.3, -0.25) is 4.98 Å². The Bertz CT molecular complexity index is 758. The molecule has 1 radical (unpaired) electrons. The first-order chi connectivity index (χ1) is 10.8. The lowest BCUT2D eigenvalue weighted by molar-refractivity contribution is -0.165. The van der Waals surface area contributed by atoms with Crippen molar-refractivity contribution in [2.45, 2.75) is 18.3 Å². The molecule has 0 aliphatic heterocycles. The Hall–Kier alpha value is -2.33. The third-order valence-corrected chi connectivity index (χ3v) is 3.43. The van der Waals surface area contributed by atoms with Crippen LogP contribution >= 0.6 is 0 Å². The fourth-order valence-corrected chi connectivity index (χ4v) is 2.07. The minimum Gasteiger partial charge on any atom is -0.368 e. The van der Waals surface area contributed by atoms with Gasteiger partial charge in [0.1, 0.15) is 24.6 Å². The van der Waals surface area contributed by atoms with Gasteiger partial charge in [-0.15, -0.1) is 6.42 Å². The predicted octanol–water partition coefficient (Wildman–Crippen LogP) is 2.35. The van der Waals surface area contributed by atoms with Gasteiger partial charge >= 0.3 is 5.92 Å². The van der Waals surface area contributed by atoms with Crippen LogP contribution in [0.5, 0.6) is 0 Å². The SMILES string of the molecule is C#CC(O)(c1ccc(F)cc1F)C(F)(F)c1ccc([B]C)cn1. The summed E-state index contributed by atoms with van der Waals surface area (Å²) in [5.41, 5.74) is -4.46. The van der Waals surface area contributed by atoms with Gasteiger partial charge in [0.15, 0.2) is 0 Å². The number of aromatic nitrogens is 1. The van der Waals surface area contributed by atoms with Crippen LogP contribution in [0.15, 0.2) is 36.5 Å². The lowest BCUT2D eigenvalue weighted by atomic mass is 9.74. The molecule has 0 fully saturated rings. The summed E-state index contributed by atoms with van der Waals surface area (Å²) < 4.78 is 56.2. The topological polar surface area (TPSA) is 33.1 Å². The Morgan fingerprint density at radius 3 is 2.39 bits per heavy atom. The fourth-order valence-electron chi connectivity index (χ4n) is 2.07. The molecule has 2 rings (SSSR count). The number of aliphatic hydroxyl groups is 1. The summed E-state index contributed by atoms with van der Waals surface area (Å²) in [7, 11) is 1.64. The van der Waals surface area contributed by atoms with Crippen molar-refractivity contribution >= 4 is 12.7 Å². The molecule has 2 nitrogen and oxygen atoms in total. The molecule has 0 saturated carbocycles. The molecule has 7 heteroatoms. The maximum atomic E-state index is 14.7. The highest BCUT2D eigenvalue weighted by molar-refractivity contribution is 6.51. The maximum absolute atomic E-state index is 14.7. The summed E-state index contributed by atoms with van der Waals surface area (Å²) in [5.74, 6) is -4.92. The van der Waals surface area contributed by atoms with E-state index >= 15 is 0 Å². The zero-order valence-corrected chi connectivity index (χ0v) is 12.0. The molecule has 0 spiro atoms. The van der Waals surface area contributed by atoms with E-state index in [1.54, 1.807) is 14.1 Å². The maximum Gasteiger partial charge on any atom is 0.333 e. The first kappa shape index (κ1) is 17.0. The third kappa shape index (κ3) is 2.82. The second-order valence-electron chi connectivity index (χ2n) is 4.82. The lowest BCUT2D eigenvalue weighted by Crippen LogP contribution is -2.43. The Labute approximate surface area is 131 Å². The van der Waals surface area contributed by atoms with E-state index in [0.29, 0.717) is 17.6 Å². The molecule has 0 aliphatic rings. The van der Waals surface area contributed by atoms with Crippen molar-refractivity contribution in [3.8, 4) is 12.3 Å². The zero-order chi connectivity index (χ0) is 17.3. The van der Waals surface area contributed by atoms with Crippen LogP contribution in [-0.2, 0) is 11.5 Å². The molecule has 0 bridgehead atoms. The number of terminal acetylenes is 1. The first-order valence-electron chi connectivity index (χ1n) is 6.55. The summed E-state index contributed by atoms with van der Waals surface area (Å²) in [6.07, 6.45) is 6.22. The number of hydrogen-bond donors (Lipinski definition) is 1. The molecule has 117 valence electrons. The average Bonchev–Trinajstić information content (AvgIpc) is 2.54. The molecule has 0 amide bonds. The molecule has 0 saturated heterocycles. The van der Waals surface area contributed by atoms with E-state index in [1.807, 2.05) is 0 Å². The number of benzene rings is 1. The smallest absolute Gasteiger partial charge is 0.333 e. The van der Waals surface area contributed by atoms with Crippen molar-refractivity contribution in [3.05, 3.63) is 59.4 Å².